The predicted octanol–water partition coefficient (Wildman–Crippen LogP) is 7.95. The first-order valence-electron chi connectivity index (χ1n) is 12.1. The highest BCUT2D eigenvalue weighted by atomic mass is 79.9. The molecule has 12 heteroatoms. The van der Waals surface area contributed by atoms with E-state index in [9.17, 15) is 9.59 Å². The monoisotopic (exact) mass is 687 g/mol. The van der Waals surface area contributed by atoms with Crippen molar-refractivity contribution in [2.75, 3.05) is 6.61 Å². The quantitative estimate of drug-likeness (QED) is 0.158. The van der Waals surface area contributed by atoms with E-state index < -0.39 is 17.9 Å². The SMILES string of the molecule is CCOc1cc(/C=N/NC(=O)C(NC(=O)c2ccc(Cl)c(Cl)c2)C(C)C)cc(Br)c1OCc1ccc(Cl)cc1Cl. The van der Waals surface area contributed by atoms with Gasteiger partial charge in [0.2, 0.25) is 0 Å². The lowest BCUT2D eigenvalue weighted by Gasteiger charge is -2.20. The maximum Gasteiger partial charge on any atom is 0.262 e. The maximum atomic E-state index is 12.9. The Hall–Kier alpha value is -2.49. The summed E-state index contributed by atoms with van der Waals surface area (Å²) < 4.78 is 12.4. The Morgan fingerprint density at radius 2 is 1.73 bits per heavy atom. The summed E-state index contributed by atoms with van der Waals surface area (Å²) >= 11 is 27.7. The molecule has 0 radical (unpaired) electrons. The highest BCUT2D eigenvalue weighted by Crippen LogP contribution is 2.37. The minimum Gasteiger partial charge on any atom is -0.490 e. The van der Waals surface area contributed by atoms with Crippen LogP contribution in [-0.2, 0) is 11.4 Å². The number of ether oxygens (including phenoxy) is 2. The van der Waals surface area contributed by atoms with Crippen molar-refractivity contribution in [2.24, 2.45) is 11.0 Å². The van der Waals surface area contributed by atoms with Gasteiger partial charge in [-0.25, -0.2) is 5.43 Å². The third-order valence-electron chi connectivity index (χ3n) is 5.52. The second-order valence-corrected chi connectivity index (χ2v) is 11.4. The van der Waals surface area contributed by atoms with Crippen LogP contribution in [0, 0.1) is 5.92 Å². The van der Waals surface area contributed by atoms with Crippen LogP contribution in [0.5, 0.6) is 11.5 Å². The fraction of sp³-hybridized carbons (Fsp3) is 0.250. The summed E-state index contributed by atoms with van der Waals surface area (Å²) in [4.78, 5) is 25.6. The van der Waals surface area contributed by atoms with Gasteiger partial charge in [-0.05, 0) is 76.8 Å². The van der Waals surface area contributed by atoms with Crippen molar-refractivity contribution in [3.63, 3.8) is 0 Å². The predicted molar refractivity (Wildman–Crippen MR) is 164 cm³/mol. The number of hydrogen-bond donors (Lipinski definition) is 2. The molecule has 1 unspecified atom stereocenters. The van der Waals surface area contributed by atoms with Gasteiger partial charge in [-0.15, -0.1) is 0 Å². The topological polar surface area (TPSA) is 89.0 Å². The average Bonchev–Trinajstić information content (AvgIpc) is 2.89. The van der Waals surface area contributed by atoms with Crippen LogP contribution in [0.15, 0.2) is 58.1 Å². The first-order chi connectivity index (χ1) is 19.0. The van der Waals surface area contributed by atoms with Crippen LogP contribution < -0.4 is 20.2 Å². The second-order valence-electron chi connectivity index (χ2n) is 8.85. The second kappa shape index (κ2) is 14.9. The highest BCUT2D eigenvalue weighted by Gasteiger charge is 2.25. The molecule has 0 aliphatic rings. The molecule has 7 nitrogen and oxygen atoms in total. The van der Waals surface area contributed by atoms with Gasteiger partial charge in [0.15, 0.2) is 11.5 Å². The third kappa shape index (κ3) is 8.75. The molecule has 2 amide bonds. The summed E-state index contributed by atoms with van der Waals surface area (Å²) in [5.41, 5.74) is 4.17. The number of benzene rings is 3. The van der Waals surface area contributed by atoms with Crippen molar-refractivity contribution in [1.82, 2.24) is 10.7 Å². The Balaban J connectivity index is 1.70. The van der Waals surface area contributed by atoms with E-state index in [0.29, 0.717) is 43.2 Å². The molecule has 0 aromatic heterocycles. The summed E-state index contributed by atoms with van der Waals surface area (Å²) in [6.45, 7) is 6.07. The molecule has 3 rings (SSSR count). The van der Waals surface area contributed by atoms with Gasteiger partial charge in [-0.3, -0.25) is 9.59 Å². The fourth-order valence-corrected chi connectivity index (χ4v) is 4.83. The molecule has 40 heavy (non-hydrogen) atoms. The Labute approximate surface area is 261 Å². The normalized spacial score (nSPS) is 11.9. The molecule has 0 saturated carbocycles. The molecule has 0 saturated heterocycles. The third-order valence-corrected chi connectivity index (χ3v) is 7.44. The molecular weight excluding hydrogens is 664 g/mol. The van der Waals surface area contributed by atoms with Gasteiger partial charge in [-0.1, -0.05) is 66.3 Å². The number of carbonyl (C=O) groups excluding carboxylic acids is 2. The molecule has 3 aromatic rings. The van der Waals surface area contributed by atoms with Crippen molar-refractivity contribution in [3.05, 3.63) is 89.8 Å². The van der Waals surface area contributed by atoms with Crippen LogP contribution in [0.2, 0.25) is 20.1 Å². The average molecular weight is 690 g/mol. The Morgan fingerprint density at radius 1 is 0.975 bits per heavy atom. The molecule has 0 bridgehead atoms. The first kappa shape index (κ1) is 32.0. The van der Waals surface area contributed by atoms with Gasteiger partial charge in [0.1, 0.15) is 12.6 Å². The standard InChI is InChI=1S/C28H26BrCl4N3O4/c1-4-39-24-10-16(9-20(29)26(24)40-14-18-5-7-19(30)12-22(18)32)13-34-36-28(38)25(15(2)3)35-27(37)17-6-8-21(31)23(33)11-17/h5-13,15,25H,4,14H2,1-3H3,(H,35,37)(H,36,38)/b34-13+. The van der Waals surface area contributed by atoms with E-state index in [4.69, 9.17) is 55.9 Å². The van der Waals surface area contributed by atoms with Crippen molar-refractivity contribution in [3.8, 4) is 11.5 Å². The Kier molecular flexibility index (Phi) is 12.0. The van der Waals surface area contributed by atoms with E-state index in [1.54, 1.807) is 30.3 Å². The largest absolute Gasteiger partial charge is 0.490 e. The zero-order valence-electron chi connectivity index (χ0n) is 21.7. The molecule has 2 N–H and O–H groups in total. The lowest BCUT2D eigenvalue weighted by Crippen LogP contribution is -2.48. The summed E-state index contributed by atoms with van der Waals surface area (Å²) in [5.74, 6) is -0.200. The van der Waals surface area contributed by atoms with Crippen LogP contribution in [-0.4, -0.2) is 30.7 Å². The van der Waals surface area contributed by atoms with Gasteiger partial charge in [0.25, 0.3) is 11.8 Å². The Bertz CT molecular complexity index is 1420. The summed E-state index contributed by atoms with van der Waals surface area (Å²) in [5, 5.41) is 8.39. The molecule has 0 aliphatic heterocycles. The highest BCUT2D eigenvalue weighted by molar-refractivity contribution is 9.10. The number of halogens is 5. The zero-order valence-corrected chi connectivity index (χ0v) is 26.3. The summed E-state index contributed by atoms with van der Waals surface area (Å²) in [6, 6.07) is 12.3. The van der Waals surface area contributed by atoms with E-state index in [0.717, 1.165) is 5.56 Å². The number of amides is 2. The lowest BCUT2D eigenvalue weighted by atomic mass is 10.0. The summed E-state index contributed by atoms with van der Waals surface area (Å²) in [7, 11) is 0. The minimum absolute atomic E-state index is 0.197. The zero-order chi connectivity index (χ0) is 29.4. The van der Waals surface area contributed by atoms with Crippen molar-refractivity contribution >= 4 is 80.4 Å². The maximum absolute atomic E-state index is 12.9. The molecule has 3 aromatic carbocycles. The van der Waals surface area contributed by atoms with E-state index >= 15 is 0 Å². The number of rotatable bonds is 11. The molecule has 1 atom stereocenters. The smallest absolute Gasteiger partial charge is 0.262 e. The van der Waals surface area contributed by atoms with Crippen LogP contribution >= 0.6 is 62.3 Å². The van der Waals surface area contributed by atoms with Crippen molar-refractivity contribution in [1.29, 1.82) is 0 Å². The molecular formula is C28H26BrCl4N3O4. The van der Waals surface area contributed by atoms with Gasteiger partial charge >= 0.3 is 0 Å². The molecule has 0 heterocycles. The summed E-state index contributed by atoms with van der Waals surface area (Å²) in [6.07, 6.45) is 1.46. The minimum atomic E-state index is -0.847. The van der Waals surface area contributed by atoms with Gasteiger partial charge in [0, 0.05) is 21.2 Å². The van der Waals surface area contributed by atoms with E-state index in [2.05, 4.69) is 31.8 Å². The fourth-order valence-electron chi connectivity index (χ4n) is 3.49. The van der Waals surface area contributed by atoms with Gasteiger partial charge in [0.05, 0.1) is 27.3 Å². The van der Waals surface area contributed by atoms with Gasteiger partial charge in [-0.2, -0.15) is 5.10 Å². The van der Waals surface area contributed by atoms with Crippen molar-refractivity contribution < 1.29 is 19.1 Å². The van der Waals surface area contributed by atoms with Crippen LogP contribution in [0.4, 0.5) is 0 Å². The number of nitrogens with one attached hydrogen (secondary N) is 2. The van der Waals surface area contributed by atoms with Gasteiger partial charge < -0.3 is 14.8 Å². The van der Waals surface area contributed by atoms with Crippen LogP contribution in [0.1, 0.15) is 42.3 Å². The number of hydrazone groups is 1. The molecule has 0 fully saturated rings. The first-order valence-corrected chi connectivity index (χ1v) is 14.4. The number of nitrogens with zero attached hydrogens (tertiary/aromatic N) is 1. The molecule has 0 aliphatic carbocycles. The van der Waals surface area contributed by atoms with E-state index in [1.165, 1.54) is 24.4 Å². The van der Waals surface area contributed by atoms with Crippen LogP contribution in [0.3, 0.4) is 0 Å². The molecule has 0 spiro atoms. The van der Waals surface area contributed by atoms with Crippen molar-refractivity contribution in [2.45, 2.75) is 33.4 Å². The van der Waals surface area contributed by atoms with E-state index in [-0.39, 0.29) is 23.1 Å². The molecule has 212 valence electrons. The number of hydrogen-bond acceptors (Lipinski definition) is 5. The van der Waals surface area contributed by atoms with E-state index in [1.807, 2.05) is 20.8 Å². The lowest BCUT2D eigenvalue weighted by molar-refractivity contribution is -0.123. The van der Waals surface area contributed by atoms with Crippen LogP contribution in [0.25, 0.3) is 0 Å². The Morgan fingerprint density at radius 3 is 2.38 bits per heavy atom. The number of carbonyl (C=O) groups is 2.